The van der Waals surface area contributed by atoms with E-state index in [1.54, 1.807) is 10.9 Å². The van der Waals surface area contributed by atoms with Crippen LogP contribution in [0.4, 0.5) is 5.82 Å². The number of anilines is 1. The number of fused-ring (bicyclic) bond motifs is 1. The lowest BCUT2D eigenvalue weighted by atomic mass is 10.1. The standard InChI is InChI=1S/C14H21N5O3S/c1-2-3-23-14-17-12(15)9-13(18-14)19(6-16-9)8-4-7(5-20)10(21)11(8)22/h6-8,10-11,20-22H,2-5H2,1H3,(H2,15,17,18). The van der Waals surface area contributed by atoms with Gasteiger partial charge in [-0.25, -0.2) is 15.0 Å². The number of rotatable bonds is 5. The lowest BCUT2D eigenvalue weighted by Crippen LogP contribution is -2.30. The summed E-state index contributed by atoms with van der Waals surface area (Å²) in [4.78, 5) is 13.0. The van der Waals surface area contributed by atoms with Gasteiger partial charge < -0.3 is 25.6 Å². The molecule has 1 aliphatic rings. The minimum atomic E-state index is -0.979. The van der Waals surface area contributed by atoms with Crippen molar-refractivity contribution in [2.45, 2.75) is 43.2 Å². The first-order chi connectivity index (χ1) is 11.1. The van der Waals surface area contributed by atoms with E-state index in [9.17, 15) is 15.3 Å². The Bertz CT molecular complexity index is 694. The average molecular weight is 339 g/mol. The molecule has 2 aromatic rings. The van der Waals surface area contributed by atoms with Crippen molar-refractivity contribution in [3.05, 3.63) is 6.33 Å². The van der Waals surface area contributed by atoms with Crippen molar-refractivity contribution in [1.82, 2.24) is 19.5 Å². The number of imidazole rings is 1. The van der Waals surface area contributed by atoms with Crippen LogP contribution < -0.4 is 5.73 Å². The second-order valence-electron chi connectivity index (χ2n) is 5.79. The first-order valence-electron chi connectivity index (χ1n) is 7.66. The third-order valence-electron chi connectivity index (χ3n) is 4.23. The van der Waals surface area contributed by atoms with E-state index >= 15 is 0 Å². The molecule has 0 aliphatic heterocycles. The van der Waals surface area contributed by atoms with Crippen molar-refractivity contribution in [3.63, 3.8) is 0 Å². The van der Waals surface area contributed by atoms with Crippen LogP contribution in [0.25, 0.3) is 11.2 Å². The highest BCUT2D eigenvalue weighted by molar-refractivity contribution is 7.99. The van der Waals surface area contributed by atoms with Crippen LogP contribution in [0.2, 0.25) is 0 Å². The lowest BCUT2D eigenvalue weighted by Gasteiger charge is -2.18. The predicted octanol–water partition coefficient (Wildman–Crippen LogP) is 0.186. The van der Waals surface area contributed by atoms with Gasteiger partial charge in [-0.3, -0.25) is 0 Å². The Balaban J connectivity index is 1.99. The number of nitrogens with zero attached hydrogens (tertiary/aromatic N) is 4. The van der Waals surface area contributed by atoms with Crippen LogP contribution in [0.3, 0.4) is 0 Å². The molecule has 0 radical (unpaired) electrons. The Hall–Kier alpha value is -1.42. The van der Waals surface area contributed by atoms with E-state index in [2.05, 4.69) is 21.9 Å². The Morgan fingerprint density at radius 1 is 1.35 bits per heavy atom. The molecule has 8 nitrogen and oxygen atoms in total. The summed E-state index contributed by atoms with van der Waals surface area (Å²) in [5.74, 6) is 0.829. The molecule has 4 unspecified atom stereocenters. The average Bonchev–Trinajstić information content (AvgIpc) is 3.08. The molecule has 4 atom stereocenters. The zero-order chi connectivity index (χ0) is 16.6. The molecule has 1 aliphatic carbocycles. The summed E-state index contributed by atoms with van der Waals surface area (Å²) in [6, 6.07) is -0.398. The molecule has 0 bridgehead atoms. The van der Waals surface area contributed by atoms with Crippen molar-refractivity contribution in [2.24, 2.45) is 5.92 Å². The minimum absolute atomic E-state index is 0.171. The molecule has 2 heterocycles. The second kappa shape index (κ2) is 6.60. The summed E-state index contributed by atoms with van der Waals surface area (Å²) >= 11 is 1.52. The van der Waals surface area contributed by atoms with E-state index in [0.717, 1.165) is 12.2 Å². The van der Waals surface area contributed by atoms with Crippen LogP contribution in [-0.2, 0) is 0 Å². The maximum atomic E-state index is 10.3. The molecule has 1 fully saturated rings. The molecule has 0 amide bonds. The fraction of sp³-hybridized carbons (Fsp3) is 0.643. The normalized spacial score (nSPS) is 27.8. The largest absolute Gasteiger partial charge is 0.396 e. The number of nitrogen functional groups attached to an aromatic ring is 1. The van der Waals surface area contributed by atoms with Gasteiger partial charge in [0.25, 0.3) is 0 Å². The highest BCUT2D eigenvalue weighted by Gasteiger charge is 2.42. The fourth-order valence-corrected chi connectivity index (χ4v) is 3.67. The molecule has 0 saturated heterocycles. The van der Waals surface area contributed by atoms with Crippen LogP contribution in [0, 0.1) is 5.92 Å². The monoisotopic (exact) mass is 339 g/mol. The zero-order valence-corrected chi connectivity index (χ0v) is 13.6. The predicted molar refractivity (Wildman–Crippen MR) is 87.0 cm³/mol. The third kappa shape index (κ3) is 2.89. The van der Waals surface area contributed by atoms with Gasteiger partial charge in [0.05, 0.1) is 18.5 Å². The Morgan fingerprint density at radius 2 is 2.13 bits per heavy atom. The van der Waals surface area contributed by atoms with Crippen molar-refractivity contribution in [1.29, 1.82) is 0 Å². The Morgan fingerprint density at radius 3 is 2.78 bits per heavy atom. The maximum Gasteiger partial charge on any atom is 0.191 e. The summed E-state index contributed by atoms with van der Waals surface area (Å²) < 4.78 is 1.73. The SMILES string of the molecule is CCCSc1nc(N)c2ncn(C3CC(CO)C(O)C3O)c2n1. The van der Waals surface area contributed by atoms with Crippen LogP contribution in [0.15, 0.2) is 11.5 Å². The third-order valence-corrected chi connectivity index (χ3v) is 5.28. The quantitative estimate of drug-likeness (QED) is 0.448. The van der Waals surface area contributed by atoms with Gasteiger partial charge in [0.1, 0.15) is 11.6 Å². The van der Waals surface area contributed by atoms with E-state index in [-0.39, 0.29) is 12.5 Å². The number of hydrogen-bond donors (Lipinski definition) is 4. The summed E-state index contributed by atoms with van der Waals surface area (Å²) in [6.45, 7) is 1.90. The van der Waals surface area contributed by atoms with Gasteiger partial charge in [-0.2, -0.15) is 0 Å². The van der Waals surface area contributed by atoms with E-state index in [4.69, 9.17) is 5.73 Å². The topological polar surface area (TPSA) is 130 Å². The van der Waals surface area contributed by atoms with Gasteiger partial charge in [0, 0.05) is 18.3 Å². The molecule has 2 aromatic heterocycles. The summed E-state index contributed by atoms with van der Waals surface area (Å²) in [7, 11) is 0. The first kappa shape index (κ1) is 16.4. The Labute approximate surface area is 137 Å². The maximum absolute atomic E-state index is 10.3. The molecular formula is C14H21N5O3S. The van der Waals surface area contributed by atoms with Crippen molar-refractivity contribution < 1.29 is 15.3 Å². The molecule has 0 spiro atoms. The summed E-state index contributed by atoms with van der Waals surface area (Å²) in [5.41, 5.74) is 7.00. The molecule has 3 rings (SSSR count). The molecule has 1 saturated carbocycles. The second-order valence-corrected chi connectivity index (χ2v) is 6.85. The number of aromatic nitrogens is 4. The number of hydrogen-bond acceptors (Lipinski definition) is 8. The van der Waals surface area contributed by atoms with Crippen molar-refractivity contribution in [2.75, 3.05) is 18.1 Å². The number of aliphatic hydroxyl groups is 3. The van der Waals surface area contributed by atoms with Gasteiger partial charge in [-0.15, -0.1) is 0 Å². The van der Waals surface area contributed by atoms with Crippen LogP contribution in [0.1, 0.15) is 25.8 Å². The van der Waals surface area contributed by atoms with Gasteiger partial charge in [-0.05, 0) is 12.8 Å². The molecule has 0 aromatic carbocycles. The fourth-order valence-electron chi connectivity index (χ4n) is 2.97. The first-order valence-corrected chi connectivity index (χ1v) is 8.65. The smallest absolute Gasteiger partial charge is 0.191 e. The van der Waals surface area contributed by atoms with Gasteiger partial charge in [0.15, 0.2) is 16.6 Å². The van der Waals surface area contributed by atoms with E-state index in [1.165, 1.54) is 11.8 Å². The zero-order valence-electron chi connectivity index (χ0n) is 12.8. The molecule has 126 valence electrons. The summed E-state index contributed by atoms with van der Waals surface area (Å²) in [6.07, 6.45) is 1.07. The highest BCUT2D eigenvalue weighted by atomic mass is 32.2. The van der Waals surface area contributed by atoms with Crippen LogP contribution >= 0.6 is 11.8 Å². The number of thioether (sulfide) groups is 1. The number of nitrogens with two attached hydrogens (primary N) is 1. The van der Waals surface area contributed by atoms with E-state index in [0.29, 0.717) is 28.6 Å². The van der Waals surface area contributed by atoms with Gasteiger partial charge >= 0.3 is 0 Å². The lowest BCUT2D eigenvalue weighted by molar-refractivity contribution is -0.00371. The number of aliphatic hydroxyl groups excluding tert-OH is 3. The molecule has 23 heavy (non-hydrogen) atoms. The minimum Gasteiger partial charge on any atom is -0.396 e. The van der Waals surface area contributed by atoms with Crippen LogP contribution in [-0.4, -0.2) is 59.4 Å². The van der Waals surface area contributed by atoms with Gasteiger partial charge in [0.2, 0.25) is 0 Å². The van der Waals surface area contributed by atoms with Gasteiger partial charge in [-0.1, -0.05) is 18.7 Å². The molecule has 5 N–H and O–H groups in total. The Kier molecular flexibility index (Phi) is 4.72. The van der Waals surface area contributed by atoms with E-state index < -0.39 is 18.2 Å². The molecular weight excluding hydrogens is 318 g/mol. The highest BCUT2D eigenvalue weighted by Crippen LogP contribution is 2.37. The van der Waals surface area contributed by atoms with Crippen LogP contribution in [0.5, 0.6) is 0 Å². The van der Waals surface area contributed by atoms with E-state index in [1.807, 2.05) is 0 Å². The van der Waals surface area contributed by atoms with Crippen molar-refractivity contribution >= 4 is 28.7 Å². The van der Waals surface area contributed by atoms with Crippen molar-refractivity contribution in [3.8, 4) is 0 Å². The molecule has 9 heteroatoms. The summed E-state index contributed by atoms with van der Waals surface area (Å²) in [5, 5.41) is 30.2.